The molecule has 21 heavy (non-hydrogen) atoms. The van der Waals surface area contributed by atoms with Crippen molar-refractivity contribution >= 4 is 25.8 Å². The first-order chi connectivity index (χ1) is 9.87. The first-order valence-electron chi connectivity index (χ1n) is 7.36. The monoisotopic (exact) mass is 376 g/mol. The predicted molar refractivity (Wildman–Crippen MR) is 91.1 cm³/mol. The van der Waals surface area contributed by atoms with Gasteiger partial charge in [-0.1, -0.05) is 48.7 Å². The standard InChI is InChI=1S/C16H25BrO3S/c1-4-9-16(12-17,10-5-2)13-20-14-7-6-8-15(11-14)21(3,18)19/h6-8,11H,4-5,9-10,12-13H2,1-3H3. The lowest BCUT2D eigenvalue weighted by atomic mass is 9.82. The highest BCUT2D eigenvalue weighted by atomic mass is 79.9. The van der Waals surface area contributed by atoms with E-state index >= 15 is 0 Å². The number of rotatable bonds is 9. The van der Waals surface area contributed by atoms with Gasteiger partial charge in [-0.3, -0.25) is 0 Å². The average molecular weight is 377 g/mol. The van der Waals surface area contributed by atoms with E-state index in [2.05, 4.69) is 29.8 Å². The van der Waals surface area contributed by atoms with Crippen LogP contribution in [-0.2, 0) is 9.84 Å². The lowest BCUT2D eigenvalue weighted by molar-refractivity contribution is 0.144. The quantitative estimate of drug-likeness (QED) is 0.597. The normalized spacial score (nSPS) is 12.4. The van der Waals surface area contributed by atoms with Crippen molar-refractivity contribution in [2.45, 2.75) is 44.4 Å². The van der Waals surface area contributed by atoms with E-state index in [4.69, 9.17) is 4.74 Å². The zero-order valence-corrected chi connectivity index (χ0v) is 15.5. The molecule has 0 spiro atoms. The molecule has 0 aromatic heterocycles. The summed E-state index contributed by atoms with van der Waals surface area (Å²) in [5.74, 6) is 0.621. The molecule has 0 atom stereocenters. The molecule has 0 amide bonds. The van der Waals surface area contributed by atoms with E-state index in [1.165, 1.54) is 6.26 Å². The van der Waals surface area contributed by atoms with Gasteiger partial charge in [0.1, 0.15) is 5.75 Å². The van der Waals surface area contributed by atoms with Gasteiger partial charge in [0, 0.05) is 17.0 Å². The Morgan fingerprint density at radius 1 is 1.19 bits per heavy atom. The third-order valence-corrected chi connectivity index (χ3v) is 5.92. The van der Waals surface area contributed by atoms with Crippen LogP contribution in [0.4, 0.5) is 0 Å². The molecule has 0 aliphatic carbocycles. The minimum atomic E-state index is -3.19. The van der Waals surface area contributed by atoms with Gasteiger partial charge >= 0.3 is 0 Å². The number of alkyl halides is 1. The fourth-order valence-corrected chi connectivity index (χ4v) is 3.91. The topological polar surface area (TPSA) is 43.4 Å². The molecule has 0 heterocycles. The van der Waals surface area contributed by atoms with Gasteiger partial charge in [0.2, 0.25) is 0 Å². The van der Waals surface area contributed by atoms with E-state index in [9.17, 15) is 8.42 Å². The maximum atomic E-state index is 11.6. The van der Waals surface area contributed by atoms with Gasteiger partial charge in [-0.15, -0.1) is 0 Å². The summed E-state index contributed by atoms with van der Waals surface area (Å²) in [6.45, 7) is 4.96. The molecule has 0 bridgehead atoms. The Bertz CT molecular complexity index is 534. The van der Waals surface area contributed by atoms with Crippen molar-refractivity contribution in [3.63, 3.8) is 0 Å². The second kappa shape index (κ2) is 8.18. The molecule has 120 valence electrons. The Balaban J connectivity index is 2.85. The van der Waals surface area contributed by atoms with Crippen LogP contribution in [0.5, 0.6) is 5.75 Å². The Hall–Kier alpha value is -0.550. The van der Waals surface area contributed by atoms with Crippen molar-refractivity contribution in [3.05, 3.63) is 24.3 Å². The van der Waals surface area contributed by atoms with Crippen molar-refractivity contribution in [2.75, 3.05) is 18.2 Å². The van der Waals surface area contributed by atoms with Crippen LogP contribution >= 0.6 is 15.9 Å². The molecule has 0 unspecified atom stereocenters. The van der Waals surface area contributed by atoms with E-state index < -0.39 is 9.84 Å². The van der Waals surface area contributed by atoms with Crippen LogP contribution in [0.3, 0.4) is 0 Å². The second-order valence-corrected chi connectivity index (χ2v) is 8.25. The Morgan fingerprint density at radius 2 is 1.81 bits per heavy atom. The molecule has 3 nitrogen and oxygen atoms in total. The fraction of sp³-hybridized carbons (Fsp3) is 0.625. The van der Waals surface area contributed by atoms with Gasteiger partial charge in [0.15, 0.2) is 9.84 Å². The molecular formula is C16H25BrO3S. The number of hydrogen-bond donors (Lipinski definition) is 0. The number of sulfone groups is 1. The first-order valence-corrected chi connectivity index (χ1v) is 10.4. The molecule has 0 saturated heterocycles. The highest BCUT2D eigenvalue weighted by Gasteiger charge is 2.28. The minimum absolute atomic E-state index is 0.116. The molecule has 0 saturated carbocycles. The van der Waals surface area contributed by atoms with Crippen molar-refractivity contribution in [1.29, 1.82) is 0 Å². The molecular weight excluding hydrogens is 352 g/mol. The SMILES string of the molecule is CCCC(CBr)(CCC)COc1cccc(S(C)(=O)=O)c1. The van der Waals surface area contributed by atoms with Crippen LogP contribution in [0.1, 0.15) is 39.5 Å². The second-order valence-electron chi connectivity index (χ2n) is 5.67. The van der Waals surface area contributed by atoms with E-state index in [0.717, 1.165) is 31.0 Å². The minimum Gasteiger partial charge on any atom is -0.493 e. The van der Waals surface area contributed by atoms with Crippen LogP contribution in [0, 0.1) is 5.41 Å². The molecule has 1 aromatic rings. The average Bonchev–Trinajstić information content (AvgIpc) is 2.45. The van der Waals surface area contributed by atoms with E-state index in [0.29, 0.717) is 17.3 Å². The van der Waals surface area contributed by atoms with Crippen molar-refractivity contribution in [1.82, 2.24) is 0 Å². The van der Waals surface area contributed by atoms with Crippen molar-refractivity contribution < 1.29 is 13.2 Å². The van der Waals surface area contributed by atoms with Crippen LogP contribution < -0.4 is 4.74 Å². The van der Waals surface area contributed by atoms with Crippen LogP contribution in [0.15, 0.2) is 29.2 Å². The summed E-state index contributed by atoms with van der Waals surface area (Å²) in [4.78, 5) is 0.301. The Morgan fingerprint density at radius 3 is 2.29 bits per heavy atom. The summed E-state index contributed by atoms with van der Waals surface area (Å²) < 4.78 is 29.1. The molecule has 0 fully saturated rings. The summed E-state index contributed by atoms with van der Waals surface area (Å²) in [6.07, 6.45) is 5.62. The number of benzene rings is 1. The maximum absolute atomic E-state index is 11.6. The fourth-order valence-electron chi connectivity index (χ4n) is 2.53. The number of ether oxygens (including phenoxy) is 1. The first kappa shape index (κ1) is 18.5. The zero-order valence-electron chi connectivity index (χ0n) is 13.1. The molecule has 5 heteroatoms. The van der Waals surface area contributed by atoms with E-state index in [-0.39, 0.29) is 5.41 Å². The summed E-state index contributed by atoms with van der Waals surface area (Å²) in [5.41, 5.74) is 0.116. The summed E-state index contributed by atoms with van der Waals surface area (Å²) in [7, 11) is -3.19. The lowest BCUT2D eigenvalue weighted by Gasteiger charge is -2.31. The van der Waals surface area contributed by atoms with E-state index in [1.807, 2.05) is 6.07 Å². The summed E-state index contributed by atoms with van der Waals surface area (Å²) in [5, 5.41) is 0.896. The highest BCUT2D eigenvalue weighted by Crippen LogP contribution is 2.33. The van der Waals surface area contributed by atoms with Crippen LogP contribution in [-0.4, -0.2) is 26.6 Å². The third-order valence-electron chi connectivity index (χ3n) is 3.62. The van der Waals surface area contributed by atoms with Crippen LogP contribution in [0.25, 0.3) is 0 Å². The Kier molecular flexibility index (Phi) is 7.21. The molecule has 0 radical (unpaired) electrons. The summed E-state index contributed by atoms with van der Waals surface area (Å²) in [6, 6.07) is 6.73. The largest absolute Gasteiger partial charge is 0.493 e. The van der Waals surface area contributed by atoms with Gasteiger partial charge in [-0.2, -0.15) is 0 Å². The van der Waals surface area contributed by atoms with Gasteiger partial charge in [-0.05, 0) is 31.0 Å². The summed E-state index contributed by atoms with van der Waals surface area (Å²) >= 11 is 3.62. The maximum Gasteiger partial charge on any atom is 0.175 e. The zero-order chi connectivity index (χ0) is 15.9. The molecule has 1 rings (SSSR count). The van der Waals surface area contributed by atoms with Crippen LogP contribution in [0.2, 0.25) is 0 Å². The number of hydrogen-bond acceptors (Lipinski definition) is 3. The van der Waals surface area contributed by atoms with Gasteiger partial charge < -0.3 is 4.74 Å². The smallest absolute Gasteiger partial charge is 0.175 e. The molecule has 0 aliphatic rings. The predicted octanol–water partition coefficient (Wildman–Crippen LogP) is 4.45. The Labute approximate surface area is 137 Å². The van der Waals surface area contributed by atoms with Gasteiger partial charge in [-0.25, -0.2) is 8.42 Å². The van der Waals surface area contributed by atoms with Gasteiger partial charge in [0.25, 0.3) is 0 Å². The van der Waals surface area contributed by atoms with Crippen molar-refractivity contribution in [2.24, 2.45) is 5.41 Å². The molecule has 0 aliphatic heterocycles. The lowest BCUT2D eigenvalue weighted by Crippen LogP contribution is -2.30. The molecule has 0 N–H and O–H groups in total. The van der Waals surface area contributed by atoms with Crippen molar-refractivity contribution in [3.8, 4) is 5.75 Å². The van der Waals surface area contributed by atoms with E-state index in [1.54, 1.807) is 18.2 Å². The third kappa shape index (κ3) is 5.62. The number of halogens is 1. The molecule has 1 aromatic carbocycles. The van der Waals surface area contributed by atoms with Gasteiger partial charge in [0.05, 0.1) is 11.5 Å². The highest BCUT2D eigenvalue weighted by molar-refractivity contribution is 9.09.